The monoisotopic (exact) mass is 384 g/mol. The van der Waals surface area contributed by atoms with E-state index < -0.39 is 5.79 Å². The molecule has 0 spiro atoms. The van der Waals surface area contributed by atoms with Crippen LogP contribution in [0.5, 0.6) is 11.5 Å². The van der Waals surface area contributed by atoms with Crippen LogP contribution in [-0.4, -0.2) is 38.5 Å². The highest BCUT2D eigenvalue weighted by molar-refractivity contribution is 6.30. The number of halogens is 3. The van der Waals surface area contributed by atoms with Crippen molar-refractivity contribution in [2.24, 2.45) is 0 Å². The zero-order valence-corrected chi connectivity index (χ0v) is 16.3. The van der Waals surface area contributed by atoms with E-state index in [0.29, 0.717) is 5.02 Å². The largest absolute Gasteiger partial charge is 1.00 e. The molecule has 1 aliphatic heterocycles. The molecule has 0 fully saturated rings. The first kappa shape index (κ1) is 22.6. The second-order valence-electron chi connectivity index (χ2n) is 5.75. The van der Waals surface area contributed by atoms with E-state index in [2.05, 4.69) is 19.2 Å². The quantitative estimate of drug-likeness (QED) is 0.439. The van der Waals surface area contributed by atoms with Gasteiger partial charge in [0.1, 0.15) is 13.1 Å². The Bertz CT molecular complexity index is 473. The lowest BCUT2D eigenvalue weighted by molar-refractivity contribution is -0.909. The third-order valence-corrected chi connectivity index (χ3v) is 4.30. The van der Waals surface area contributed by atoms with Gasteiger partial charge in [-0.1, -0.05) is 11.6 Å². The van der Waals surface area contributed by atoms with Crippen LogP contribution >= 0.6 is 11.6 Å². The molecule has 23 heavy (non-hydrogen) atoms. The fourth-order valence-electron chi connectivity index (χ4n) is 2.65. The van der Waals surface area contributed by atoms with Gasteiger partial charge in [0.2, 0.25) is 0 Å². The summed E-state index contributed by atoms with van der Waals surface area (Å²) in [6.45, 7) is 12.2. The van der Waals surface area contributed by atoms with Gasteiger partial charge < -0.3 is 44.5 Å². The van der Waals surface area contributed by atoms with Gasteiger partial charge in [-0.05, 0) is 26.0 Å². The van der Waals surface area contributed by atoms with Crippen LogP contribution in [0.3, 0.4) is 0 Å². The summed E-state index contributed by atoms with van der Waals surface area (Å²) < 4.78 is 11.8. The molecule has 1 atom stereocenters. The van der Waals surface area contributed by atoms with Crippen LogP contribution in [0.2, 0.25) is 5.02 Å². The van der Waals surface area contributed by atoms with Crippen molar-refractivity contribution >= 4 is 11.6 Å². The Labute approximate surface area is 156 Å². The number of rotatable bonds is 8. The number of nitrogens with two attached hydrogens (primary N) is 1. The maximum Gasteiger partial charge on any atom is 0.254 e. The molecule has 3 N–H and O–H groups in total. The maximum absolute atomic E-state index is 5.98. The lowest BCUT2D eigenvalue weighted by Crippen LogP contribution is -3.14. The van der Waals surface area contributed by atoms with Gasteiger partial charge in [-0.3, -0.25) is 0 Å². The zero-order valence-electron chi connectivity index (χ0n) is 14.0. The summed E-state index contributed by atoms with van der Waals surface area (Å²) in [6.07, 6.45) is 0.854. The number of likely N-dealkylation sites (N-methyl/N-ethyl adjacent to an activating group) is 1. The molecule has 134 valence electrons. The Hall–Kier alpha value is -0.390. The van der Waals surface area contributed by atoms with Crippen LogP contribution < -0.4 is 44.5 Å². The predicted molar refractivity (Wildman–Crippen MR) is 84.3 cm³/mol. The molecule has 0 aliphatic carbocycles. The summed E-state index contributed by atoms with van der Waals surface area (Å²) >= 11 is 5.98. The highest BCUT2D eigenvalue weighted by Crippen LogP contribution is 2.41. The van der Waals surface area contributed by atoms with Gasteiger partial charge in [0.25, 0.3) is 5.79 Å². The number of benzene rings is 1. The van der Waals surface area contributed by atoms with Crippen molar-refractivity contribution in [2.45, 2.75) is 33.0 Å². The van der Waals surface area contributed by atoms with E-state index in [1.807, 2.05) is 25.1 Å². The van der Waals surface area contributed by atoms with Gasteiger partial charge in [0.15, 0.2) is 11.5 Å². The third-order valence-electron chi connectivity index (χ3n) is 4.06. The summed E-state index contributed by atoms with van der Waals surface area (Å²) in [5.74, 6) is 0.970. The standard InChI is InChI=1S/C16H25ClN2O2.2ClH/c1-4-19(5-2)11-10-18-9-8-16(3)20-14-7-6-13(17)12-15(14)21-16;;/h6-7,12,18H,4-5,8-11H2,1-3H3;2*1H. The molecule has 2 rings (SSSR count). The van der Waals surface area contributed by atoms with E-state index in [1.165, 1.54) is 19.6 Å². The number of nitrogens with one attached hydrogen (secondary N) is 1. The van der Waals surface area contributed by atoms with Crippen molar-refractivity contribution in [3.63, 3.8) is 0 Å². The van der Waals surface area contributed by atoms with Gasteiger partial charge in [-0.15, -0.1) is 0 Å². The number of hydrogen-bond donors (Lipinski definition) is 2. The van der Waals surface area contributed by atoms with Crippen LogP contribution in [0, 0.1) is 0 Å². The lowest BCUT2D eigenvalue weighted by atomic mass is 10.2. The van der Waals surface area contributed by atoms with Crippen LogP contribution in [-0.2, 0) is 0 Å². The van der Waals surface area contributed by atoms with Crippen LogP contribution in [0.1, 0.15) is 27.2 Å². The number of quaternary nitrogens is 2. The van der Waals surface area contributed by atoms with Crippen molar-refractivity contribution < 1.29 is 44.5 Å². The van der Waals surface area contributed by atoms with E-state index in [1.54, 1.807) is 4.90 Å². The molecule has 0 saturated heterocycles. The second kappa shape index (κ2) is 10.5. The molecular formula is C16H27Cl3N2O2. The average molecular weight is 386 g/mol. The van der Waals surface area contributed by atoms with Crippen molar-refractivity contribution in [3.05, 3.63) is 23.2 Å². The fourth-order valence-corrected chi connectivity index (χ4v) is 2.81. The Morgan fingerprint density at radius 1 is 1.09 bits per heavy atom. The Balaban J connectivity index is 0.00000242. The van der Waals surface area contributed by atoms with Crippen LogP contribution in [0.4, 0.5) is 0 Å². The minimum absolute atomic E-state index is 0. The Morgan fingerprint density at radius 2 is 1.74 bits per heavy atom. The molecule has 1 unspecified atom stereocenters. The molecule has 7 heteroatoms. The highest BCUT2D eigenvalue weighted by atomic mass is 35.5. The van der Waals surface area contributed by atoms with Crippen LogP contribution in [0.25, 0.3) is 0 Å². The summed E-state index contributed by atoms with van der Waals surface area (Å²) in [6, 6.07) is 5.51. The average Bonchev–Trinajstić information content (AvgIpc) is 2.78. The molecule has 1 aromatic rings. The smallest absolute Gasteiger partial charge is 0.254 e. The molecule has 0 saturated carbocycles. The highest BCUT2D eigenvalue weighted by Gasteiger charge is 2.37. The maximum atomic E-state index is 5.98. The Morgan fingerprint density at radius 3 is 2.39 bits per heavy atom. The van der Waals surface area contributed by atoms with Crippen molar-refractivity contribution in [1.82, 2.24) is 0 Å². The van der Waals surface area contributed by atoms with Crippen LogP contribution in [0.15, 0.2) is 18.2 Å². The predicted octanol–water partition coefficient (Wildman–Crippen LogP) is -5.29. The Kier molecular flexibility index (Phi) is 10.3. The summed E-state index contributed by atoms with van der Waals surface area (Å²) in [7, 11) is 0. The first-order valence-electron chi connectivity index (χ1n) is 7.89. The first-order valence-corrected chi connectivity index (χ1v) is 8.27. The van der Waals surface area contributed by atoms with E-state index >= 15 is 0 Å². The van der Waals surface area contributed by atoms with E-state index in [4.69, 9.17) is 21.1 Å². The second-order valence-corrected chi connectivity index (χ2v) is 6.19. The topological polar surface area (TPSA) is 39.5 Å². The molecule has 0 bridgehead atoms. The van der Waals surface area contributed by atoms with Crippen molar-refractivity contribution in [1.29, 1.82) is 0 Å². The molecule has 1 heterocycles. The number of hydrogen-bond acceptors (Lipinski definition) is 2. The van der Waals surface area contributed by atoms with Crippen molar-refractivity contribution in [2.75, 3.05) is 32.7 Å². The van der Waals surface area contributed by atoms with Gasteiger partial charge in [-0.2, -0.15) is 0 Å². The minimum Gasteiger partial charge on any atom is -1.00 e. The molecule has 1 aromatic carbocycles. The van der Waals surface area contributed by atoms with E-state index in [-0.39, 0.29) is 24.8 Å². The lowest BCUT2D eigenvalue weighted by Gasteiger charge is -2.22. The van der Waals surface area contributed by atoms with E-state index in [0.717, 1.165) is 31.0 Å². The third kappa shape index (κ3) is 6.55. The molecule has 1 aliphatic rings. The molecular weight excluding hydrogens is 359 g/mol. The van der Waals surface area contributed by atoms with Crippen molar-refractivity contribution in [3.8, 4) is 11.5 Å². The molecule has 0 aromatic heterocycles. The number of fused-ring (bicyclic) bond motifs is 1. The van der Waals surface area contributed by atoms with E-state index in [9.17, 15) is 0 Å². The fraction of sp³-hybridized carbons (Fsp3) is 0.625. The summed E-state index contributed by atoms with van der Waals surface area (Å²) in [4.78, 5) is 1.65. The SMILES string of the molecule is CC[NH+](CC)CC[NH2+]CCC1(C)Oc2ccc(Cl)cc2O1.[Cl-].[Cl-]. The molecule has 4 nitrogen and oxygen atoms in total. The van der Waals surface area contributed by atoms with Gasteiger partial charge >= 0.3 is 0 Å². The minimum atomic E-state index is -0.564. The van der Waals surface area contributed by atoms with Gasteiger partial charge in [0.05, 0.1) is 26.1 Å². The summed E-state index contributed by atoms with van der Waals surface area (Å²) in [5, 5.41) is 3.02. The van der Waals surface area contributed by atoms with Gasteiger partial charge in [0, 0.05) is 18.0 Å². The zero-order chi connectivity index (χ0) is 15.3. The molecule has 0 radical (unpaired) electrons. The molecule has 0 amide bonds. The first-order chi connectivity index (χ1) is 10.1. The normalized spacial score (nSPS) is 18.5. The number of ether oxygens (including phenoxy) is 2. The van der Waals surface area contributed by atoms with Gasteiger partial charge in [-0.25, -0.2) is 0 Å². The summed E-state index contributed by atoms with van der Waals surface area (Å²) in [5.41, 5.74) is 0.